The van der Waals surface area contributed by atoms with E-state index in [-0.39, 0.29) is 24.0 Å². The van der Waals surface area contributed by atoms with Crippen molar-refractivity contribution in [2.24, 2.45) is 11.8 Å². The Labute approximate surface area is 149 Å². The van der Waals surface area contributed by atoms with E-state index < -0.39 is 5.97 Å². The molecule has 5 nitrogen and oxygen atoms in total. The highest BCUT2D eigenvalue weighted by molar-refractivity contribution is 5.96. The van der Waals surface area contributed by atoms with Crippen molar-refractivity contribution in [1.82, 2.24) is 4.90 Å². The molecule has 1 aliphatic heterocycles. The Bertz CT molecular complexity index is 627. The topological polar surface area (TPSA) is 66.8 Å². The van der Waals surface area contributed by atoms with E-state index in [9.17, 15) is 14.7 Å². The maximum atomic E-state index is 13.0. The summed E-state index contributed by atoms with van der Waals surface area (Å²) in [6.07, 6.45) is 4.51. The first-order chi connectivity index (χ1) is 12.0. The van der Waals surface area contributed by atoms with Gasteiger partial charge in [-0.25, -0.2) is 4.79 Å². The van der Waals surface area contributed by atoms with Gasteiger partial charge in [0.1, 0.15) is 0 Å². The quantitative estimate of drug-likeness (QED) is 0.856. The van der Waals surface area contributed by atoms with Crippen LogP contribution in [-0.4, -0.2) is 47.7 Å². The van der Waals surface area contributed by atoms with Crippen molar-refractivity contribution in [3.8, 4) is 0 Å². The number of hydrogen-bond acceptors (Lipinski definition) is 4. The van der Waals surface area contributed by atoms with E-state index in [1.807, 2.05) is 4.90 Å². The molecule has 1 saturated heterocycles. The summed E-state index contributed by atoms with van der Waals surface area (Å²) < 4.78 is 4.69. The Kier molecular flexibility index (Phi) is 5.42. The largest absolute Gasteiger partial charge is 0.465 e. The molecule has 1 saturated carbocycles. The van der Waals surface area contributed by atoms with Crippen molar-refractivity contribution in [3.63, 3.8) is 0 Å². The van der Waals surface area contributed by atoms with Gasteiger partial charge in [-0.15, -0.1) is 0 Å². The lowest BCUT2D eigenvalue weighted by Gasteiger charge is -2.39. The minimum Gasteiger partial charge on any atom is -0.465 e. The Morgan fingerprint density at radius 2 is 1.80 bits per heavy atom. The molecule has 1 aromatic carbocycles. The van der Waals surface area contributed by atoms with Crippen molar-refractivity contribution in [2.45, 2.75) is 51.2 Å². The number of nitrogens with zero attached hydrogens (tertiary/aromatic N) is 1. The van der Waals surface area contributed by atoms with Crippen LogP contribution < -0.4 is 0 Å². The van der Waals surface area contributed by atoms with Gasteiger partial charge >= 0.3 is 5.97 Å². The van der Waals surface area contributed by atoms with Gasteiger partial charge in [0.2, 0.25) is 0 Å². The predicted octanol–water partition coefficient (Wildman–Crippen LogP) is 2.87. The lowest BCUT2D eigenvalue weighted by molar-refractivity contribution is 0.00858. The molecule has 136 valence electrons. The van der Waals surface area contributed by atoms with Crippen LogP contribution in [0.1, 0.15) is 59.7 Å². The number of likely N-dealkylation sites (tertiary alicyclic amines) is 1. The molecule has 1 heterocycles. The van der Waals surface area contributed by atoms with E-state index in [1.54, 1.807) is 24.3 Å². The lowest BCUT2D eigenvalue weighted by Crippen LogP contribution is -2.46. The van der Waals surface area contributed by atoms with E-state index >= 15 is 0 Å². The third-order valence-corrected chi connectivity index (χ3v) is 5.73. The molecule has 25 heavy (non-hydrogen) atoms. The molecular weight excluding hydrogens is 318 g/mol. The normalized spacial score (nSPS) is 29.5. The molecule has 2 aliphatic rings. The van der Waals surface area contributed by atoms with Crippen LogP contribution in [-0.2, 0) is 4.74 Å². The zero-order chi connectivity index (χ0) is 18.0. The fourth-order valence-electron chi connectivity index (χ4n) is 4.34. The second-order valence-electron chi connectivity index (χ2n) is 7.43. The fourth-order valence-corrected chi connectivity index (χ4v) is 4.34. The van der Waals surface area contributed by atoms with Crippen molar-refractivity contribution in [3.05, 3.63) is 35.4 Å². The molecule has 3 rings (SSSR count). The first-order valence-corrected chi connectivity index (χ1v) is 9.18. The number of esters is 1. The van der Waals surface area contributed by atoms with Crippen LogP contribution in [0.2, 0.25) is 0 Å². The highest BCUT2D eigenvalue weighted by Gasteiger charge is 2.40. The van der Waals surface area contributed by atoms with Crippen molar-refractivity contribution in [2.75, 3.05) is 13.7 Å². The molecule has 4 atom stereocenters. The summed E-state index contributed by atoms with van der Waals surface area (Å²) in [7, 11) is 1.34. The molecule has 1 aromatic rings. The molecule has 0 radical (unpaired) electrons. The molecular formula is C20H27NO4. The summed E-state index contributed by atoms with van der Waals surface area (Å²) in [5, 5.41) is 10.5. The highest BCUT2D eigenvalue weighted by atomic mass is 16.5. The lowest BCUT2D eigenvalue weighted by atomic mass is 9.76. The van der Waals surface area contributed by atoms with Gasteiger partial charge in [-0.1, -0.05) is 6.92 Å². The van der Waals surface area contributed by atoms with E-state index in [1.165, 1.54) is 7.11 Å². The Hall–Kier alpha value is -1.88. The van der Waals surface area contributed by atoms with Gasteiger partial charge in [-0.3, -0.25) is 4.79 Å². The minimum atomic E-state index is -0.405. The molecule has 2 fully saturated rings. The van der Waals surface area contributed by atoms with Gasteiger partial charge < -0.3 is 14.7 Å². The third-order valence-electron chi connectivity index (χ3n) is 5.73. The van der Waals surface area contributed by atoms with Gasteiger partial charge in [0.05, 0.1) is 18.8 Å². The number of carbonyl (C=O) groups excluding carboxylic acids is 2. The second-order valence-corrected chi connectivity index (χ2v) is 7.43. The Balaban J connectivity index is 1.75. The first-order valence-electron chi connectivity index (χ1n) is 9.18. The van der Waals surface area contributed by atoms with E-state index in [4.69, 9.17) is 4.74 Å². The molecule has 0 spiro atoms. The summed E-state index contributed by atoms with van der Waals surface area (Å²) in [6.45, 7) is 2.96. The third kappa shape index (κ3) is 3.71. The summed E-state index contributed by atoms with van der Waals surface area (Å²) in [6, 6.07) is 6.74. The number of hydrogen-bond donors (Lipinski definition) is 1. The summed E-state index contributed by atoms with van der Waals surface area (Å²) in [5.74, 6) is 0.358. The molecule has 0 unspecified atom stereocenters. The van der Waals surface area contributed by atoms with Crippen LogP contribution >= 0.6 is 0 Å². The van der Waals surface area contributed by atoms with Crippen LogP contribution in [0.15, 0.2) is 24.3 Å². The van der Waals surface area contributed by atoms with Crippen molar-refractivity contribution in [1.29, 1.82) is 0 Å². The summed E-state index contributed by atoms with van der Waals surface area (Å²) in [4.78, 5) is 26.4. The van der Waals surface area contributed by atoms with Crippen LogP contribution in [0.4, 0.5) is 0 Å². The zero-order valence-corrected chi connectivity index (χ0v) is 15.0. The molecule has 5 heteroatoms. The average molecular weight is 345 g/mol. The Morgan fingerprint density at radius 3 is 2.48 bits per heavy atom. The van der Waals surface area contributed by atoms with E-state index in [0.29, 0.717) is 17.0 Å². The predicted molar refractivity (Wildman–Crippen MR) is 94.4 cm³/mol. The molecule has 0 bridgehead atoms. The average Bonchev–Trinajstić information content (AvgIpc) is 3.12. The van der Waals surface area contributed by atoms with Crippen molar-refractivity contribution < 1.29 is 19.4 Å². The minimum absolute atomic E-state index is 0.00987. The number of aliphatic hydroxyl groups is 1. The number of benzene rings is 1. The zero-order valence-electron chi connectivity index (χ0n) is 15.0. The maximum absolute atomic E-state index is 13.0. The van der Waals surface area contributed by atoms with Crippen LogP contribution in [0.3, 0.4) is 0 Å². The molecule has 1 N–H and O–H groups in total. The van der Waals surface area contributed by atoms with Gasteiger partial charge in [0.15, 0.2) is 0 Å². The van der Waals surface area contributed by atoms with Gasteiger partial charge in [0, 0.05) is 24.1 Å². The Morgan fingerprint density at radius 1 is 1.12 bits per heavy atom. The van der Waals surface area contributed by atoms with Crippen LogP contribution in [0.25, 0.3) is 0 Å². The SMILES string of the molecule is COC(=O)c1ccc(C(=O)N2CCC[C@@H]2[C@@H]2C[C@@H](C)CC[C@H]2O)cc1. The van der Waals surface area contributed by atoms with Gasteiger partial charge in [-0.2, -0.15) is 0 Å². The number of aliphatic hydroxyl groups excluding tert-OH is 1. The van der Waals surface area contributed by atoms with Gasteiger partial charge in [-0.05, 0) is 62.3 Å². The highest BCUT2D eigenvalue weighted by Crippen LogP contribution is 2.37. The monoisotopic (exact) mass is 345 g/mol. The second kappa shape index (κ2) is 7.56. The standard InChI is InChI=1S/C20H27NO4/c1-13-5-10-18(22)16(12-13)17-4-3-11-21(17)19(23)14-6-8-15(9-7-14)20(24)25-2/h6-9,13,16-18,22H,3-5,10-12H2,1-2H3/t13-,16-,17+,18+/m0/s1. The van der Waals surface area contributed by atoms with Gasteiger partial charge in [0.25, 0.3) is 5.91 Å². The molecule has 0 aromatic heterocycles. The maximum Gasteiger partial charge on any atom is 0.337 e. The number of methoxy groups -OCH3 is 1. The molecule has 1 aliphatic carbocycles. The summed E-state index contributed by atoms with van der Waals surface area (Å²) >= 11 is 0. The fraction of sp³-hybridized carbons (Fsp3) is 0.600. The first kappa shape index (κ1) is 17.9. The number of amides is 1. The van der Waals surface area contributed by atoms with Crippen molar-refractivity contribution >= 4 is 11.9 Å². The summed E-state index contributed by atoms with van der Waals surface area (Å²) in [5.41, 5.74) is 1.02. The van der Waals surface area contributed by atoms with Crippen LogP contribution in [0, 0.1) is 11.8 Å². The number of ether oxygens (including phenoxy) is 1. The molecule has 1 amide bonds. The number of rotatable bonds is 3. The van der Waals surface area contributed by atoms with Crippen LogP contribution in [0.5, 0.6) is 0 Å². The van der Waals surface area contributed by atoms with E-state index in [0.717, 1.165) is 38.6 Å². The van der Waals surface area contributed by atoms with E-state index in [2.05, 4.69) is 6.92 Å². The number of carbonyl (C=O) groups is 2. The smallest absolute Gasteiger partial charge is 0.337 e.